The molecule has 2 N–H and O–H groups in total. The number of rotatable bonds is 2. The summed E-state index contributed by atoms with van der Waals surface area (Å²) in [5.41, 5.74) is 6.31. The maximum atomic E-state index is 5.65. The largest absolute Gasteiger partial charge is 0.330 e. The number of fused-ring (bicyclic) bond motifs is 1. The van der Waals surface area contributed by atoms with Gasteiger partial charge >= 0.3 is 0 Å². The lowest BCUT2D eigenvalue weighted by atomic mass is 9.79. The van der Waals surface area contributed by atoms with Crippen molar-refractivity contribution in [3.8, 4) is 0 Å². The molecule has 1 nitrogen and oxygen atoms in total. The number of nitrogens with two attached hydrogens (primary N) is 1. The van der Waals surface area contributed by atoms with E-state index in [2.05, 4.69) is 20.8 Å². The van der Waals surface area contributed by atoms with Crippen LogP contribution in [0.25, 0.3) is 0 Å². The van der Waals surface area contributed by atoms with Gasteiger partial charge < -0.3 is 5.73 Å². The van der Waals surface area contributed by atoms with Gasteiger partial charge in [0.15, 0.2) is 0 Å². The zero-order valence-corrected chi connectivity index (χ0v) is 9.22. The molecule has 2 saturated carbocycles. The van der Waals surface area contributed by atoms with Gasteiger partial charge in [0.1, 0.15) is 0 Å². The van der Waals surface area contributed by atoms with Crippen molar-refractivity contribution >= 4 is 0 Å². The van der Waals surface area contributed by atoms with E-state index in [4.69, 9.17) is 5.73 Å². The van der Waals surface area contributed by atoms with Crippen LogP contribution in [0.15, 0.2) is 0 Å². The first-order valence-electron chi connectivity index (χ1n) is 5.77. The molecule has 0 aromatic carbocycles. The molecule has 2 aliphatic carbocycles. The van der Waals surface area contributed by atoms with Gasteiger partial charge in [-0.2, -0.15) is 0 Å². The lowest BCUT2D eigenvalue weighted by Crippen LogP contribution is -2.21. The minimum Gasteiger partial charge on any atom is -0.330 e. The first kappa shape index (κ1) is 9.51. The van der Waals surface area contributed by atoms with Gasteiger partial charge in [0.05, 0.1) is 0 Å². The monoisotopic (exact) mass is 181 g/mol. The molecule has 0 bridgehead atoms. The lowest BCUT2D eigenvalue weighted by Gasteiger charge is -2.27. The second kappa shape index (κ2) is 2.98. The second-order valence-corrected chi connectivity index (χ2v) is 5.82. The van der Waals surface area contributed by atoms with E-state index in [0.29, 0.717) is 5.41 Å². The van der Waals surface area contributed by atoms with Gasteiger partial charge in [-0.05, 0) is 54.9 Å². The van der Waals surface area contributed by atoms with Crippen molar-refractivity contribution in [3.05, 3.63) is 0 Å². The van der Waals surface area contributed by atoms with Crippen molar-refractivity contribution in [3.63, 3.8) is 0 Å². The molecule has 2 rings (SSSR count). The highest BCUT2D eigenvalue weighted by atomic mass is 14.7. The van der Waals surface area contributed by atoms with Crippen LogP contribution in [-0.4, -0.2) is 6.54 Å². The molecule has 0 spiro atoms. The van der Waals surface area contributed by atoms with Crippen LogP contribution >= 0.6 is 0 Å². The van der Waals surface area contributed by atoms with E-state index in [9.17, 15) is 0 Å². The zero-order chi connectivity index (χ0) is 9.64. The average molecular weight is 181 g/mol. The molecule has 1 heteroatoms. The summed E-state index contributed by atoms with van der Waals surface area (Å²) >= 11 is 0. The third-order valence-corrected chi connectivity index (χ3v) is 4.81. The van der Waals surface area contributed by atoms with Crippen LogP contribution in [-0.2, 0) is 0 Å². The Bertz CT molecular complexity index is 197. The summed E-state index contributed by atoms with van der Waals surface area (Å²) in [5.74, 6) is 3.91. The highest BCUT2D eigenvalue weighted by Crippen LogP contribution is 2.67. The predicted molar refractivity (Wildman–Crippen MR) is 56.3 cm³/mol. The Kier molecular flexibility index (Phi) is 2.18. The molecule has 2 fully saturated rings. The van der Waals surface area contributed by atoms with Gasteiger partial charge in [0.2, 0.25) is 0 Å². The maximum absolute atomic E-state index is 5.65. The fraction of sp³-hybridized carbons (Fsp3) is 1.00. The van der Waals surface area contributed by atoms with Gasteiger partial charge in [0, 0.05) is 0 Å². The van der Waals surface area contributed by atoms with Crippen molar-refractivity contribution in [2.45, 2.75) is 40.0 Å². The van der Waals surface area contributed by atoms with E-state index in [-0.39, 0.29) is 0 Å². The third kappa shape index (κ3) is 1.41. The molecule has 76 valence electrons. The Balaban J connectivity index is 1.97. The summed E-state index contributed by atoms with van der Waals surface area (Å²) in [4.78, 5) is 0. The molecule has 2 aliphatic rings. The average Bonchev–Trinajstić information content (AvgIpc) is 2.56. The molecule has 13 heavy (non-hydrogen) atoms. The van der Waals surface area contributed by atoms with Crippen molar-refractivity contribution in [2.75, 3.05) is 6.54 Å². The number of hydrogen-bond donors (Lipinski definition) is 1. The standard InChI is InChI=1S/C12H23N/c1-8-6-10-11(12(10,2)3)7-9(8)4-5-13/h8-11H,4-7,13H2,1-3H3. The Morgan fingerprint density at radius 1 is 1.23 bits per heavy atom. The zero-order valence-electron chi connectivity index (χ0n) is 9.22. The minimum atomic E-state index is 0.664. The van der Waals surface area contributed by atoms with Gasteiger partial charge in [-0.3, -0.25) is 0 Å². The smallest absolute Gasteiger partial charge is 0.00745 e. The summed E-state index contributed by atoms with van der Waals surface area (Å²) in [5, 5.41) is 0. The summed E-state index contributed by atoms with van der Waals surface area (Å²) in [6, 6.07) is 0. The molecule has 0 aromatic rings. The summed E-state index contributed by atoms with van der Waals surface area (Å²) in [7, 11) is 0. The maximum Gasteiger partial charge on any atom is -0.00745 e. The molecular weight excluding hydrogens is 158 g/mol. The molecule has 0 radical (unpaired) electrons. The van der Waals surface area contributed by atoms with Crippen LogP contribution in [0.4, 0.5) is 0 Å². The first-order chi connectivity index (χ1) is 6.07. The molecule has 0 saturated heterocycles. The SMILES string of the molecule is CC1CC2C(CC1CCN)C2(C)C. The van der Waals surface area contributed by atoms with Crippen LogP contribution in [0.3, 0.4) is 0 Å². The van der Waals surface area contributed by atoms with Crippen LogP contribution in [0.5, 0.6) is 0 Å². The van der Waals surface area contributed by atoms with E-state index in [1.54, 1.807) is 0 Å². The van der Waals surface area contributed by atoms with Crippen LogP contribution in [0.2, 0.25) is 0 Å². The van der Waals surface area contributed by atoms with E-state index < -0.39 is 0 Å². The topological polar surface area (TPSA) is 26.0 Å². The van der Waals surface area contributed by atoms with Crippen LogP contribution in [0.1, 0.15) is 40.0 Å². The summed E-state index contributed by atoms with van der Waals surface area (Å²) in [6.45, 7) is 8.19. The first-order valence-corrected chi connectivity index (χ1v) is 5.77. The molecule has 0 aromatic heterocycles. The third-order valence-electron chi connectivity index (χ3n) is 4.81. The highest BCUT2D eigenvalue weighted by Gasteiger charge is 2.60. The Hall–Kier alpha value is -0.0400. The van der Waals surface area contributed by atoms with E-state index in [1.165, 1.54) is 19.3 Å². The molecule has 4 atom stereocenters. The lowest BCUT2D eigenvalue weighted by molar-refractivity contribution is 0.234. The Labute approximate surface area is 82.1 Å². The Morgan fingerprint density at radius 2 is 1.85 bits per heavy atom. The van der Waals surface area contributed by atoms with Gasteiger partial charge in [0.25, 0.3) is 0 Å². The second-order valence-electron chi connectivity index (χ2n) is 5.82. The van der Waals surface area contributed by atoms with Crippen LogP contribution < -0.4 is 5.73 Å². The summed E-state index contributed by atoms with van der Waals surface area (Å²) in [6.07, 6.45) is 4.17. The fourth-order valence-electron chi connectivity index (χ4n) is 3.56. The van der Waals surface area contributed by atoms with Crippen molar-refractivity contribution in [2.24, 2.45) is 34.8 Å². The highest BCUT2D eigenvalue weighted by molar-refractivity contribution is 5.08. The van der Waals surface area contributed by atoms with Crippen molar-refractivity contribution in [1.82, 2.24) is 0 Å². The van der Waals surface area contributed by atoms with Gasteiger partial charge in [-0.15, -0.1) is 0 Å². The van der Waals surface area contributed by atoms with Crippen LogP contribution in [0, 0.1) is 29.1 Å². The summed E-state index contributed by atoms with van der Waals surface area (Å²) < 4.78 is 0. The molecule has 4 unspecified atom stereocenters. The fourth-order valence-corrected chi connectivity index (χ4v) is 3.56. The minimum absolute atomic E-state index is 0.664. The van der Waals surface area contributed by atoms with Gasteiger partial charge in [-0.1, -0.05) is 20.8 Å². The molecule has 0 amide bonds. The van der Waals surface area contributed by atoms with Crippen molar-refractivity contribution in [1.29, 1.82) is 0 Å². The Morgan fingerprint density at radius 3 is 2.46 bits per heavy atom. The quantitative estimate of drug-likeness (QED) is 0.696. The van der Waals surface area contributed by atoms with E-state index >= 15 is 0 Å². The number of hydrogen-bond acceptors (Lipinski definition) is 1. The molecule has 0 heterocycles. The molecule has 0 aliphatic heterocycles. The normalized spacial score (nSPS) is 47.1. The van der Waals surface area contributed by atoms with E-state index in [0.717, 1.165) is 30.2 Å². The van der Waals surface area contributed by atoms with Crippen molar-refractivity contribution < 1.29 is 0 Å². The van der Waals surface area contributed by atoms with Gasteiger partial charge in [-0.25, -0.2) is 0 Å². The molecular formula is C12H23N. The predicted octanol–water partition coefficient (Wildman–Crippen LogP) is 2.65. The van der Waals surface area contributed by atoms with E-state index in [1.807, 2.05) is 0 Å².